The molecule has 1 aromatic heterocycles. The minimum atomic E-state index is -1.65. The van der Waals surface area contributed by atoms with Crippen LogP contribution in [0.3, 0.4) is 0 Å². The number of ether oxygens (including phenoxy) is 3. The summed E-state index contributed by atoms with van der Waals surface area (Å²) in [5.74, 6) is -0.547. The zero-order valence-electron chi connectivity index (χ0n) is 15.7. The van der Waals surface area contributed by atoms with Gasteiger partial charge in [0.25, 0.3) is 0 Å². The maximum Gasteiger partial charge on any atom is 0.336 e. The van der Waals surface area contributed by atoms with Crippen molar-refractivity contribution in [2.45, 2.75) is 58.8 Å². The Morgan fingerprint density at radius 1 is 1.30 bits per heavy atom. The molecular weight excluding hydrogens is 355 g/mol. The first-order chi connectivity index (χ1) is 12.8. The summed E-state index contributed by atoms with van der Waals surface area (Å²) in [5.41, 5.74) is 0.657. The van der Waals surface area contributed by atoms with Crippen LogP contribution in [0, 0.1) is 12.8 Å². The molecule has 1 fully saturated rings. The van der Waals surface area contributed by atoms with Gasteiger partial charge in [-0.1, -0.05) is 13.8 Å². The molecule has 1 aliphatic rings. The summed E-state index contributed by atoms with van der Waals surface area (Å²) in [7, 11) is 0. The molecule has 1 aromatic carbocycles. The Labute approximate surface area is 156 Å². The number of fused-ring (bicyclic) bond motifs is 1. The third-order valence-corrected chi connectivity index (χ3v) is 4.87. The summed E-state index contributed by atoms with van der Waals surface area (Å²) in [5, 5.41) is 0.765. The first-order valence-electron chi connectivity index (χ1n) is 8.98. The number of carbonyl (C=O) groups excluding carboxylic acids is 1. The van der Waals surface area contributed by atoms with E-state index in [4.69, 9.17) is 18.6 Å². The van der Waals surface area contributed by atoms with Crippen molar-refractivity contribution in [2.75, 3.05) is 0 Å². The molecule has 2 heterocycles. The lowest BCUT2D eigenvalue weighted by Crippen LogP contribution is -2.54. The summed E-state index contributed by atoms with van der Waals surface area (Å²) in [6.07, 6.45) is -3.52. The molecule has 0 radical (unpaired) electrons. The lowest BCUT2D eigenvalue weighted by molar-refractivity contribution is -0.243. The Morgan fingerprint density at radius 2 is 2.04 bits per heavy atom. The van der Waals surface area contributed by atoms with Crippen LogP contribution in [0.5, 0.6) is 5.75 Å². The number of alkyl halides is 1. The molecule has 0 unspecified atom stereocenters. The fraction of sp³-hybridized carbons (Fsp3) is 0.500. The molecule has 146 valence electrons. The van der Waals surface area contributed by atoms with Crippen molar-refractivity contribution in [2.24, 2.45) is 5.92 Å². The smallest absolute Gasteiger partial charge is 0.336 e. The third kappa shape index (κ3) is 3.98. The molecule has 0 amide bonds. The number of esters is 1. The predicted molar refractivity (Wildman–Crippen MR) is 96.4 cm³/mol. The van der Waals surface area contributed by atoms with Gasteiger partial charge in [0.2, 0.25) is 6.29 Å². The molecule has 1 aliphatic heterocycles. The highest BCUT2D eigenvalue weighted by Crippen LogP contribution is 2.33. The van der Waals surface area contributed by atoms with Gasteiger partial charge in [0, 0.05) is 30.4 Å². The molecule has 0 spiro atoms. The number of hydrogen-bond donors (Lipinski definition) is 0. The molecule has 0 bridgehead atoms. The second kappa shape index (κ2) is 7.68. The van der Waals surface area contributed by atoms with Crippen LogP contribution < -0.4 is 10.4 Å². The highest BCUT2D eigenvalue weighted by Gasteiger charge is 2.47. The van der Waals surface area contributed by atoms with Crippen molar-refractivity contribution in [3.05, 3.63) is 40.2 Å². The Kier molecular flexibility index (Phi) is 5.51. The largest absolute Gasteiger partial charge is 0.461 e. The van der Waals surface area contributed by atoms with Crippen LogP contribution in [-0.2, 0) is 14.3 Å². The Hall–Kier alpha value is -2.41. The van der Waals surface area contributed by atoms with Gasteiger partial charge in [0.05, 0.1) is 6.10 Å². The average Bonchev–Trinajstić information content (AvgIpc) is 2.60. The van der Waals surface area contributed by atoms with Crippen LogP contribution in [0.4, 0.5) is 4.39 Å². The molecule has 6 nitrogen and oxygen atoms in total. The van der Waals surface area contributed by atoms with Crippen molar-refractivity contribution in [1.82, 2.24) is 0 Å². The quantitative estimate of drug-likeness (QED) is 0.599. The van der Waals surface area contributed by atoms with E-state index in [2.05, 4.69) is 0 Å². The first kappa shape index (κ1) is 19.4. The van der Waals surface area contributed by atoms with Crippen molar-refractivity contribution >= 4 is 16.9 Å². The number of benzene rings is 1. The van der Waals surface area contributed by atoms with Crippen molar-refractivity contribution < 1.29 is 27.8 Å². The first-order valence-corrected chi connectivity index (χ1v) is 8.98. The van der Waals surface area contributed by atoms with Gasteiger partial charge in [-0.15, -0.1) is 0 Å². The van der Waals surface area contributed by atoms with Gasteiger partial charge in [-0.3, -0.25) is 4.79 Å². The summed E-state index contributed by atoms with van der Waals surface area (Å²) in [6.45, 7) is 6.76. The van der Waals surface area contributed by atoms with E-state index < -0.39 is 30.2 Å². The van der Waals surface area contributed by atoms with Crippen molar-refractivity contribution in [1.29, 1.82) is 0 Å². The van der Waals surface area contributed by atoms with E-state index >= 15 is 0 Å². The van der Waals surface area contributed by atoms with E-state index in [9.17, 15) is 14.0 Å². The Balaban J connectivity index is 1.87. The molecular formula is C20H23FO6. The molecule has 1 saturated heterocycles. The van der Waals surface area contributed by atoms with E-state index in [1.54, 1.807) is 26.0 Å². The van der Waals surface area contributed by atoms with Gasteiger partial charge in [-0.05, 0) is 31.0 Å². The van der Waals surface area contributed by atoms with Gasteiger partial charge >= 0.3 is 11.6 Å². The SMILES string of the molecule is CC[C@H]1O[C@H](Oc2ccc3c(C)cc(=O)oc3c2)[C@@H](F)[C@@H](OC(C)=O)[C@@H]1C. The Morgan fingerprint density at radius 3 is 2.70 bits per heavy atom. The molecule has 0 saturated carbocycles. The van der Waals surface area contributed by atoms with Crippen LogP contribution in [0.1, 0.15) is 32.8 Å². The standard InChI is InChI=1S/C20H23FO6/c1-5-15-11(3)19(24-12(4)22)18(21)20(27-15)25-13-6-7-14-10(2)8-17(23)26-16(14)9-13/h6-9,11,15,18-20H,5H2,1-4H3/t11-,15-,18+,19+,20+/m1/s1. The average molecular weight is 378 g/mol. The summed E-state index contributed by atoms with van der Waals surface area (Å²) in [4.78, 5) is 22.9. The van der Waals surface area contributed by atoms with Gasteiger partial charge in [0.15, 0.2) is 6.17 Å². The lowest BCUT2D eigenvalue weighted by Gasteiger charge is -2.41. The normalized spacial score (nSPS) is 28.1. The maximum atomic E-state index is 15.0. The number of hydrogen-bond acceptors (Lipinski definition) is 6. The highest BCUT2D eigenvalue weighted by atomic mass is 19.1. The van der Waals surface area contributed by atoms with E-state index in [0.717, 1.165) is 10.9 Å². The van der Waals surface area contributed by atoms with Crippen LogP contribution in [0.2, 0.25) is 0 Å². The topological polar surface area (TPSA) is 75.0 Å². The van der Waals surface area contributed by atoms with Crippen LogP contribution in [-0.4, -0.2) is 30.6 Å². The maximum absolute atomic E-state index is 15.0. The zero-order chi connectivity index (χ0) is 19.7. The van der Waals surface area contributed by atoms with Crippen LogP contribution in [0.15, 0.2) is 33.5 Å². The number of rotatable bonds is 4. The van der Waals surface area contributed by atoms with Crippen molar-refractivity contribution in [3.63, 3.8) is 0 Å². The molecule has 0 N–H and O–H groups in total. The fourth-order valence-corrected chi connectivity index (χ4v) is 3.47. The molecule has 0 aliphatic carbocycles. The van der Waals surface area contributed by atoms with Gasteiger partial charge in [-0.2, -0.15) is 0 Å². The summed E-state index contributed by atoms with van der Waals surface area (Å²) >= 11 is 0. The van der Waals surface area contributed by atoms with Gasteiger partial charge in [0.1, 0.15) is 17.4 Å². The van der Waals surface area contributed by atoms with E-state index in [0.29, 0.717) is 17.8 Å². The highest BCUT2D eigenvalue weighted by molar-refractivity contribution is 5.81. The van der Waals surface area contributed by atoms with Gasteiger partial charge < -0.3 is 18.6 Å². The Bertz CT molecular complexity index is 892. The van der Waals surface area contributed by atoms with E-state index in [-0.39, 0.29) is 12.0 Å². The lowest BCUT2D eigenvalue weighted by atomic mass is 9.90. The minimum Gasteiger partial charge on any atom is -0.461 e. The summed E-state index contributed by atoms with van der Waals surface area (Å²) in [6, 6.07) is 6.33. The molecule has 7 heteroatoms. The number of aryl methyl sites for hydroxylation is 1. The fourth-order valence-electron chi connectivity index (χ4n) is 3.47. The molecule has 27 heavy (non-hydrogen) atoms. The molecule has 5 atom stereocenters. The van der Waals surface area contributed by atoms with E-state index in [1.165, 1.54) is 19.1 Å². The van der Waals surface area contributed by atoms with E-state index in [1.807, 2.05) is 6.92 Å². The minimum absolute atomic E-state index is 0.300. The predicted octanol–water partition coefficient (Wildman–Crippen LogP) is 3.52. The summed E-state index contributed by atoms with van der Waals surface area (Å²) < 4.78 is 36.8. The monoisotopic (exact) mass is 378 g/mol. The third-order valence-electron chi connectivity index (χ3n) is 4.87. The van der Waals surface area contributed by atoms with Crippen LogP contribution >= 0.6 is 0 Å². The second-order valence-corrected chi connectivity index (χ2v) is 6.85. The van der Waals surface area contributed by atoms with Crippen LogP contribution in [0.25, 0.3) is 11.0 Å². The molecule has 3 rings (SSSR count). The number of carbonyl (C=O) groups is 1. The zero-order valence-corrected chi connectivity index (χ0v) is 15.7. The second-order valence-electron chi connectivity index (χ2n) is 6.85. The molecule has 2 aromatic rings. The van der Waals surface area contributed by atoms with Gasteiger partial charge in [-0.25, -0.2) is 9.18 Å². The number of halogens is 1. The van der Waals surface area contributed by atoms with Crippen molar-refractivity contribution in [3.8, 4) is 5.75 Å².